The number of nitrogens with two attached hydrogens (primary N) is 1. The molecule has 0 spiro atoms. The first-order valence-electron chi connectivity index (χ1n) is 2.30. The normalized spacial score (nSPS) is 16.8. The van der Waals surface area contributed by atoms with E-state index in [0.29, 0.717) is 0 Å². The van der Waals surface area contributed by atoms with Gasteiger partial charge >= 0.3 is 0 Å². The summed E-state index contributed by atoms with van der Waals surface area (Å²) in [4.78, 5) is 9.74. The summed E-state index contributed by atoms with van der Waals surface area (Å²) < 4.78 is 11.4. The summed E-state index contributed by atoms with van der Waals surface area (Å²) in [7, 11) is 0. The van der Waals surface area contributed by atoms with Gasteiger partial charge in [0.25, 0.3) is 0 Å². The molecule has 0 aromatic rings. The number of hydrogen-bond acceptors (Lipinski definition) is 4. The molecule has 0 aliphatic carbocycles. The first kappa shape index (κ1) is 8.32. The van der Waals surface area contributed by atoms with E-state index in [-0.39, 0.29) is 0 Å². The molecule has 0 amide bonds. The van der Waals surface area contributed by atoms with E-state index in [9.17, 15) is 14.3 Å². The van der Waals surface area contributed by atoms with Crippen LogP contribution in [0.15, 0.2) is 0 Å². The van der Waals surface area contributed by atoms with Gasteiger partial charge in [-0.3, -0.25) is 0 Å². The predicted molar refractivity (Wildman–Crippen MR) is 25.0 cm³/mol. The molecule has 0 bridgehead atoms. The summed E-state index contributed by atoms with van der Waals surface area (Å²) in [5.41, 5.74) is 4.72. The van der Waals surface area contributed by atoms with Crippen LogP contribution in [0.1, 0.15) is 0 Å². The van der Waals surface area contributed by atoms with Gasteiger partial charge in [0.2, 0.25) is 0 Å². The van der Waals surface area contributed by atoms with Crippen LogP contribution in [0.4, 0.5) is 4.39 Å². The van der Waals surface area contributed by atoms with Crippen molar-refractivity contribution in [1.82, 2.24) is 0 Å². The Hall–Kier alpha value is -0.680. The topological polar surface area (TPSA) is 86.4 Å². The second kappa shape index (κ2) is 3.37. The van der Waals surface area contributed by atoms with Crippen molar-refractivity contribution >= 4 is 5.97 Å². The van der Waals surface area contributed by atoms with Crippen molar-refractivity contribution in [3.63, 3.8) is 0 Å². The van der Waals surface area contributed by atoms with E-state index in [0.717, 1.165) is 0 Å². The molecule has 0 saturated heterocycles. The lowest BCUT2D eigenvalue weighted by Gasteiger charge is -2.15. The zero-order valence-corrected chi connectivity index (χ0v) is 4.58. The Balaban J connectivity index is 3.72. The van der Waals surface area contributed by atoms with Crippen LogP contribution in [0.2, 0.25) is 0 Å². The molecule has 0 aromatic carbocycles. The van der Waals surface area contributed by atoms with Gasteiger partial charge in [-0.2, -0.15) is 0 Å². The van der Waals surface area contributed by atoms with Crippen LogP contribution in [0, 0.1) is 0 Å². The van der Waals surface area contributed by atoms with Gasteiger partial charge in [-0.15, -0.1) is 0 Å². The van der Waals surface area contributed by atoms with E-state index >= 15 is 0 Å². The van der Waals surface area contributed by atoms with Crippen LogP contribution in [0.3, 0.4) is 0 Å². The molecule has 54 valence electrons. The molecular formula is C4H7FNO3-. The fourth-order valence-electron chi connectivity index (χ4n) is 0.253. The fraction of sp³-hybridized carbons (Fsp3) is 0.750. The largest absolute Gasteiger partial charge is 0.548 e. The number of carboxylic acid groups (broad SMARTS) is 1. The number of aliphatic hydroxyl groups is 1. The molecule has 0 saturated carbocycles. The van der Waals surface area contributed by atoms with Crippen molar-refractivity contribution < 1.29 is 19.4 Å². The van der Waals surface area contributed by atoms with E-state index in [1.807, 2.05) is 0 Å². The molecule has 0 unspecified atom stereocenters. The zero-order chi connectivity index (χ0) is 7.44. The van der Waals surface area contributed by atoms with Crippen molar-refractivity contribution in [2.45, 2.75) is 12.1 Å². The van der Waals surface area contributed by atoms with Crippen LogP contribution in [0.25, 0.3) is 0 Å². The number of halogens is 1. The maximum absolute atomic E-state index is 11.4. The third kappa shape index (κ3) is 2.39. The van der Waals surface area contributed by atoms with Crippen LogP contribution in [-0.2, 0) is 4.79 Å². The minimum Gasteiger partial charge on any atom is -0.548 e. The lowest BCUT2D eigenvalue weighted by molar-refractivity contribution is -0.309. The molecule has 0 radical (unpaired) electrons. The predicted octanol–water partition coefficient (Wildman–Crippen LogP) is -2.61. The molecule has 5 heteroatoms. The van der Waals surface area contributed by atoms with Gasteiger partial charge < -0.3 is 20.7 Å². The van der Waals surface area contributed by atoms with Crippen LogP contribution >= 0.6 is 0 Å². The fourth-order valence-corrected chi connectivity index (χ4v) is 0.253. The average molecular weight is 136 g/mol. The molecule has 0 aliphatic heterocycles. The van der Waals surface area contributed by atoms with Gasteiger partial charge in [-0.25, -0.2) is 4.39 Å². The summed E-state index contributed by atoms with van der Waals surface area (Å²) in [6.45, 7) is -1.17. The average Bonchev–Trinajstić information content (AvgIpc) is 1.84. The van der Waals surface area contributed by atoms with Crippen LogP contribution in [0.5, 0.6) is 0 Å². The van der Waals surface area contributed by atoms with Gasteiger partial charge in [0.05, 0.1) is 12.0 Å². The number of aliphatic carboxylic acids is 1. The number of aliphatic hydroxyl groups excluding tert-OH is 1. The van der Waals surface area contributed by atoms with E-state index in [2.05, 4.69) is 0 Å². The zero-order valence-electron chi connectivity index (χ0n) is 4.58. The minimum absolute atomic E-state index is 1.17. The number of alkyl halides is 1. The molecule has 0 aromatic heterocycles. The third-order valence-corrected chi connectivity index (χ3v) is 0.845. The number of hydrogen-bond donors (Lipinski definition) is 2. The Labute approximate surface area is 51.1 Å². The maximum atomic E-state index is 11.4. The van der Waals surface area contributed by atoms with Gasteiger partial charge in [0, 0.05) is 0 Å². The number of carbonyl (C=O) groups excluding carboxylic acids is 1. The lowest BCUT2D eigenvalue weighted by atomic mass is 10.2. The second-order valence-electron chi connectivity index (χ2n) is 1.57. The first-order chi connectivity index (χ1) is 4.09. The molecule has 0 aliphatic rings. The third-order valence-electron chi connectivity index (χ3n) is 0.845. The van der Waals surface area contributed by atoms with Crippen molar-refractivity contribution in [3.05, 3.63) is 0 Å². The molecule has 9 heavy (non-hydrogen) atoms. The summed E-state index contributed by atoms with van der Waals surface area (Å²) in [5.74, 6) is -1.65. The number of rotatable bonds is 3. The number of carbonyl (C=O) groups is 1. The van der Waals surface area contributed by atoms with Gasteiger partial charge in [-0.05, 0) is 0 Å². The lowest BCUT2D eigenvalue weighted by Crippen LogP contribution is -2.50. The summed E-state index contributed by atoms with van der Waals surface area (Å²) >= 11 is 0. The van der Waals surface area contributed by atoms with Crippen LogP contribution < -0.4 is 10.8 Å². The van der Waals surface area contributed by atoms with Crippen molar-refractivity contribution in [2.75, 3.05) is 6.67 Å². The van der Waals surface area contributed by atoms with E-state index < -0.39 is 24.8 Å². The Kier molecular flexibility index (Phi) is 3.11. The first-order valence-corrected chi connectivity index (χ1v) is 2.30. The molecule has 3 N–H and O–H groups in total. The maximum Gasteiger partial charge on any atom is 0.117 e. The summed E-state index contributed by atoms with van der Waals surface area (Å²) in [6.07, 6.45) is -1.66. The summed E-state index contributed by atoms with van der Waals surface area (Å²) in [5, 5.41) is 18.1. The monoisotopic (exact) mass is 136 g/mol. The molecule has 2 atom stereocenters. The summed E-state index contributed by atoms with van der Waals surface area (Å²) in [6, 6.07) is -1.63. The van der Waals surface area contributed by atoms with Crippen molar-refractivity contribution in [2.24, 2.45) is 5.73 Å². The number of carboxylic acids is 1. The highest BCUT2D eigenvalue weighted by Gasteiger charge is 2.14. The smallest absolute Gasteiger partial charge is 0.117 e. The Morgan fingerprint density at radius 3 is 2.44 bits per heavy atom. The van der Waals surface area contributed by atoms with Crippen molar-refractivity contribution in [1.29, 1.82) is 0 Å². The molecule has 0 heterocycles. The van der Waals surface area contributed by atoms with Gasteiger partial charge in [0.1, 0.15) is 12.8 Å². The molecule has 0 fully saturated rings. The van der Waals surface area contributed by atoms with Gasteiger partial charge in [0.15, 0.2) is 0 Å². The highest BCUT2D eigenvalue weighted by molar-refractivity contribution is 5.71. The molecule has 4 nitrogen and oxygen atoms in total. The quantitative estimate of drug-likeness (QED) is 0.445. The second-order valence-corrected chi connectivity index (χ2v) is 1.57. The Bertz CT molecular complexity index is 108. The van der Waals surface area contributed by atoms with Crippen molar-refractivity contribution in [3.8, 4) is 0 Å². The van der Waals surface area contributed by atoms with E-state index in [1.165, 1.54) is 0 Å². The Morgan fingerprint density at radius 2 is 2.33 bits per heavy atom. The minimum atomic E-state index is -1.66. The van der Waals surface area contributed by atoms with Gasteiger partial charge in [-0.1, -0.05) is 0 Å². The Morgan fingerprint density at radius 1 is 1.89 bits per heavy atom. The highest BCUT2D eigenvalue weighted by atomic mass is 19.1. The molecule has 0 rings (SSSR count). The van der Waals surface area contributed by atoms with E-state index in [1.54, 1.807) is 0 Å². The SMILES string of the molecule is N[C@H](C(=O)[O-])[C@H](O)CF. The standard InChI is InChI=1S/C4H8FNO3/c5-1-2(7)3(6)4(8)9/h2-3,7H,1,6H2,(H,8,9)/p-1/t2-,3+/m1/s1. The van der Waals surface area contributed by atoms with Crippen LogP contribution in [-0.4, -0.2) is 29.9 Å². The highest BCUT2D eigenvalue weighted by Crippen LogP contribution is 1.88. The molecular weight excluding hydrogens is 129 g/mol. The van der Waals surface area contributed by atoms with E-state index in [4.69, 9.17) is 10.8 Å².